The van der Waals surface area contributed by atoms with E-state index >= 15 is 0 Å². The molecule has 1 amide bonds. The summed E-state index contributed by atoms with van der Waals surface area (Å²) in [5, 5.41) is 51.6. The van der Waals surface area contributed by atoms with Crippen LogP contribution in [0.15, 0.2) is 121 Å². The molecule has 0 saturated carbocycles. The third-order valence-electron chi connectivity index (χ3n) is 12.3. The predicted molar refractivity (Wildman–Crippen MR) is 264 cm³/mol. The highest BCUT2D eigenvalue weighted by Crippen LogP contribution is 2.40. The van der Waals surface area contributed by atoms with Crippen molar-refractivity contribution in [3.63, 3.8) is 0 Å². The fraction of sp³-hybridized carbons (Fsp3) is 0.469. The summed E-state index contributed by atoms with van der Waals surface area (Å²) < 4.78 is 42.5. The predicted octanol–water partition coefficient (Wildman–Crippen LogP) is 4.45. The van der Waals surface area contributed by atoms with Crippen molar-refractivity contribution in [2.24, 2.45) is 0 Å². The summed E-state index contributed by atoms with van der Waals surface area (Å²) in [4.78, 5) is 26.2. The monoisotopic (exact) mass is 1030 g/mol. The maximum Gasteiger partial charge on any atom is 0.407 e. The zero-order chi connectivity index (χ0) is 49.7. The first-order valence-corrected chi connectivity index (χ1v) is 27.3. The van der Waals surface area contributed by atoms with E-state index in [1.165, 1.54) is 0 Å². The molecule has 0 aliphatic carbocycles. The molecule has 2 fully saturated rings. The van der Waals surface area contributed by atoms with E-state index in [9.17, 15) is 30.0 Å². The summed E-state index contributed by atoms with van der Waals surface area (Å²) >= 11 is 17.5. The molecule has 2 heterocycles. The highest BCUT2D eigenvalue weighted by atomic mass is 35.6. The van der Waals surface area contributed by atoms with Gasteiger partial charge in [0, 0.05) is 6.92 Å². The van der Waals surface area contributed by atoms with E-state index in [-0.39, 0.29) is 13.2 Å². The number of rotatable bonds is 15. The number of alkyl carbamates (subject to hydrolysis) is 1. The van der Waals surface area contributed by atoms with Gasteiger partial charge in [-0.25, -0.2) is 4.79 Å². The third-order valence-corrected chi connectivity index (χ3v) is 22.7. The Labute approximate surface area is 414 Å². The van der Waals surface area contributed by atoms with Gasteiger partial charge in [-0.05, 0) is 30.8 Å². The van der Waals surface area contributed by atoms with Gasteiger partial charge in [0.2, 0.25) is 3.79 Å². The van der Waals surface area contributed by atoms with Gasteiger partial charge >= 0.3 is 12.1 Å². The van der Waals surface area contributed by atoms with Crippen molar-refractivity contribution in [2.75, 3.05) is 19.8 Å². The lowest BCUT2D eigenvalue weighted by Gasteiger charge is -2.49. The quantitative estimate of drug-likeness (QED) is 0.0639. The molecule has 0 unspecified atom stereocenters. The average molecular weight is 1040 g/mol. The Morgan fingerprint density at radius 2 is 1.01 bits per heavy atom. The van der Waals surface area contributed by atoms with E-state index in [2.05, 4.69) is 46.9 Å². The van der Waals surface area contributed by atoms with Crippen LogP contribution in [0, 0.1) is 0 Å². The van der Waals surface area contributed by atoms with Crippen LogP contribution in [0.5, 0.6) is 0 Å². The molecule has 68 heavy (non-hydrogen) atoms. The molecular weight excluding hydrogens is 973 g/mol. The van der Waals surface area contributed by atoms with Crippen molar-refractivity contribution in [3.8, 4) is 0 Å². The molecule has 0 spiro atoms. The number of alkyl halides is 3. The van der Waals surface area contributed by atoms with Gasteiger partial charge < -0.3 is 58.3 Å². The number of amides is 1. The van der Waals surface area contributed by atoms with Crippen LogP contribution in [0.2, 0.25) is 10.1 Å². The van der Waals surface area contributed by atoms with Crippen LogP contribution < -0.4 is 26.1 Å². The minimum absolute atomic E-state index is 0.259. The van der Waals surface area contributed by atoms with Crippen LogP contribution in [0.1, 0.15) is 48.5 Å². The second-order valence-corrected chi connectivity index (χ2v) is 30.2. The average Bonchev–Trinajstić information content (AvgIpc) is 3.29. The van der Waals surface area contributed by atoms with E-state index in [1.54, 1.807) is 0 Å². The van der Waals surface area contributed by atoms with Crippen molar-refractivity contribution in [1.29, 1.82) is 0 Å². The van der Waals surface area contributed by atoms with Gasteiger partial charge in [-0.3, -0.25) is 4.79 Å². The molecule has 4 aromatic carbocycles. The standard InChI is InChI=1S/C49H62Cl3NO13Si2/c1-31(54)63-43-38(53-46(59)60-30-49(50,51)52)44(58)64-37(29-62-68(48(5,6)7,34-24-16-10-17-25-34)35-26-18-11-19-27-35)42(43)66-45-41(57)40(56)39(55)36(65-45)28-61-67(47(2,3)4,32-20-12-8-13-21-32)33-22-14-9-15-23-33/h8-27,36-45,55-58H,28-30H2,1-7H3,(H,53,59)/t36-,37-,38-,39+,40+,41-,42-,43-,44-,45+/m1/s1. The Morgan fingerprint density at radius 3 is 1.40 bits per heavy atom. The number of halogens is 3. The van der Waals surface area contributed by atoms with Crippen molar-refractivity contribution >= 4 is 84.2 Å². The fourth-order valence-electron chi connectivity index (χ4n) is 9.29. The molecule has 2 aliphatic rings. The molecule has 0 radical (unpaired) electrons. The first-order valence-electron chi connectivity index (χ1n) is 22.4. The molecule has 2 aliphatic heterocycles. The summed E-state index contributed by atoms with van der Waals surface area (Å²) in [6.45, 7) is 12.3. The Balaban J connectivity index is 1.40. The minimum Gasteiger partial charge on any atom is -0.457 e. The molecule has 0 aromatic heterocycles. The molecule has 5 N–H and O–H groups in total. The summed E-state index contributed by atoms with van der Waals surface area (Å²) in [6, 6.07) is 37.5. The summed E-state index contributed by atoms with van der Waals surface area (Å²) in [5.41, 5.74) is 0. The lowest BCUT2D eigenvalue weighted by Crippen LogP contribution is -2.71. The highest BCUT2D eigenvalue weighted by molar-refractivity contribution is 7.00. The van der Waals surface area contributed by atoms with Crippen LogP contribution in [0.3, 0.4) is 0 Å². The normalized spacial score (nSPS) is 26.1. The summed E-state index contributed by atoms with van der Waals surface area (Å²) in [6.07, 6.45) is -15.9. The number of carbonyl (C=O) groups is 2. The van der Waals surface area contributed by atoms with Crippen LogP contribution in [-0.2, 0) is 37.3 Å². The first kappa shape index (κ1) is 53.9. The zero-order valence-electron chi connectivity index (χ0n) is 39.0. The molecule has 6 rings (SSSR count). The Kier molecular flexibility index (Phi) is 17.7. The lowest BCUT2D eigenvalue weighted by atomic mass is 9.95. The van der Waals surface area contributed by atoms with Crippen LogP contribution in [-0.4, -0.2) is 134 Å². The number of ether oxygens (including phenoxy) is 5. The van der Waals surface area contributed by atoms with Crippen LogP contribution >= 0.6 is 34.8 Å². The van der Waals surface area contributed by atoms with Gasteiger partial charge in [0.05, 0.1) is 13.2 Å². The number of esters is 1. The number of carbonyl (C=O) groups excluding carboxylic acids is 2. The molecular formula is C49H62Cl3NO13Si2. The summed E-state index contributed by atoms with van der Waals surface area (Å²) in [7, 11) is -6.56. The first-order chi connectivity index (χ1) is 32.0. The van der Waals surface area contributed by atoms with Gasteiger partial charge in [-0.1, -0.05) is 198 Å². The van der Waals surface area contributed by atoms with Crippen molar-refractivity contribution in [3.05, 3.63) is 121 Å². The van der Waals surface area contributed by atoms with Gasteiger partial charge in [0.1, 0.15) is 49.3 Å². The van der Waals surface area contributed by atoms with E-state index in [4.69, 9.17) is 67.3 Å². The Morgan fingerprint density at radius 1 is 0.603 bits per heavy atom. The fourth-order valence-corrected chi connectivity index (χ4v) is 18.6. The zero-order valence-corrected chi connectivity index (χ0v) is 43.3. The van der Waals surface area contributed by atoms with Gasteiger partial charge in [-0.2, -0.15) is 0 Å². The lowest BCUT2D eigenvalue weighted by molar-refractivity contribution is -0.345. The van der Waals surface area contributed by atoms with Gasteiger partial charge in [0.15, 0.2) is 18.7 Å². The van der Waals surface area contributed by atoms with E-state index in [0.29, 0.717) is 0 Å². The minimum atomic E-state index is -3.33. The topological polar surface area (TPSA) is 192 Å². The number of aliphatic hydroxyl groups excluding tert-OH is 4. The molecule has 19 heteroatoms. The van der Waals surface area contributed by atoms with Crippen molar-refractivity contribution in [2.45, 2.75) is 124 Å². The second-order valence-electron chi connectivity index (χ2n) is 19.1. The maximum absolute atomic E-state index is 13.2. The number of aliphatic hydroxyl groups is 4. The summed E-state index contributed by atoms with van der Waals surface area (Å²) in [5.74, 6) is -0.844. The molecule has 14 nitrogen and oxygen atoms in total. The van der Waals surface area contributed by atoms with E-state index < -0.39 is 111 Å². The largest absolute Gasteiger partial charge is 0.457 e. The third kappa shape index (κ3) is 12.0. The van der Waals surface area contributed by atoms with E-state index in [1.807, 2.05) is 121 Å². The molecule has 0 bridgehead atoms. The van der Waals surface area contributed by atoms with Gasteiger partial charge in [-0.15, -0.1) is 0 Å². The molecule has 4 aromatic rings. The SMILES string of the molecule is CC(=O)O[C@@H]1[C@@H](NC(=O)OCC(Cl)(Cl)Cl)[C@H](O)O[C@H](CO[Si](c2ccccc2)(c2ccccc2)C(C)(C)C)[C@H]1O[C@@H]1O[C@H](CO[Si](c2ccccc2)(c2ccccc2)C(C)(C)C)[C@H](O)[C@H](O)[C@H]1O. The number of hydrogen-bond donors (Lipinski definition) is 5. The highest BCUT2D eigenvalue weighted by Gasteiger charge is 2.57. The van der Waals surface area contributed by atoms with Crippen molar-refractivity contribution in [1.82, 2.24) is 5.32 Å². The van der Waals surface area contributed by atoms with Gasteiger partial charge in [0.25, 0.3) is 16.6 Å². The maximum atomic E-state index is 13.2. The van der Waals surface area contributed by atoms with E-state index in [0.717, 1.165) is 27.7 Å². The van der Waals surface area contributed by atoms with Crippen molar-refractivity contribution < 1.29 is 62.6 Å². The molecule has 370 valence electrons. The Bertz CT molecular complexity index is 2160. The number of nitrogens with one attached hydrogen (secondary N) is 1. The molecule has 2 saturated heterocycles. The molecule has 10 atom stereocenters. The van der Waals surface area contributed by atoms with Crippen LogP contribution in [0.25, 0.3) is 0 Å². The number of benzene rings is 4. The smallest absolute Gasteiger partial charge is 0.407 e. The second kappa shape index (κ2) is 22.3. The Hall–Kier alpha value is -3.44. The number of hydrogen-bond acceptors (Lipinski definition) is 13. The van der Waals surface area contributed by atoms with Crippen LogP contribution in [0.4, 0.5) is 4.79 Å².